The van der Waals surface area contributed by atoms with Crippen molar-refractivity contribution in [1.82, 2.24) is 10.9 Å². The Balaban J connectivity index is 1.47. The van der Waals surface area contributed by atoms with Gasteiger partial charge in [-0.05, 0) is 61.4 Å². The number of hydrazine groups is 1. The second-order valence-electron chi connectivity index (χ2n) is 6.93. The quantitative estimate of drug-likeness (QED) is 0.617. The topological polar surface area (TPSA) is 84.5 Å². The molecule has 2 amide bonds. The molecule has 3 rings (SSSR count). The van der Waals surface area contributed by atoms with Crippen molar-refractivity contribution in [1.29, 1.82) is 0 Å². The Hall–Kier alpha value is -3.15. The summed E-state index contributed by atoms with van der Waals surface area (Å²) in [5.41, 5.74) is 8.53. The average Bonchev–Trinajstić information content (AvgIpc) is 2.72. The molecule has 0 heterocycles. The number of amides is 2. The lowest BCUT2D eigenvalue weighted by Crippen LogP contribution is -2.46. The van der Waals surface area contributed by atoms with Gasteiger partial charge in [0, 0.05) is 5.56 Å². The summed E-state index contributed by atoms with van der Waals surface area (Å²) in [4.78, 5) is 36.1. The molecule has 2 aromatic carbocycles. The maximum absolute atomic E-state index is 12.2. The normalized spacial score (nSPS) is 13.8. The molecule has 0 fully saturated rings. The van der Waals surface area contributed by atoms with Crippen LogP contribution in [0.4, 0.5) is 0 Å². The number of fused-ring (bicyclic) bond motifs is 1. The zero-order chi connectivity index (χ0) is 19.9. The van der Waals surface area contributed by atoms with Gasteiger partial charge in [0.15, 0.2) is 6.10 Å². The minimum absolute atomic E-state index is 0.112. The van der Waals surface area contributed by atoms with E-state index in [4.69, 9.17) is 4.74 Å². The molecular weight excluding hydrogens is 356 g/mol. The molecule has 0 aliphatic heterocycles. The molecule has 146 valence electrons. The summed E-state index contributed by atoms with van der Waals surface area (Å²) in [6.07, 6.45) is 3.61. The zero-order valence-electron chi connectivity index (χ0n) is 15.9. The fraction of sp³-hybridized carbons (Fsp3) is 0.318. The number of carbonyl (C=O) groups excluding carboxylic acids is 3. The molecule has 1 aliphatic rings. The third kappa shape index (κ3) is 5.19. The standard InChI is InChI=1S/C22H24N2O4/c1-15(21(26)23-24-22(27)18-8-3-2-4-9-18)28-20(25)14-16-11-12-17-7-5-6-10-19(17)13-16/h2-4,8-9,11-13,15H,5-7,10,14H2,1H3,(H,23,26)(H,24,27)/t15-/m0/s1. The molecule has 1 aliphatic carbocycles. The van der Waals surface area contributed by atoms with Gasteiger partial charge in [-0.15, -0.1) is 0 Å². The first kappa shape index (κ1) is 19.6. The molecule has 2 N–H and O–H groups in total. The highest BCUT2D eigenvalue weighted by Gasteiger charge is 2.19. The van der Waals surface area contributed by atoms with Gasteiger partial charge in [-0.1, -0.05) is 36.4 Å². The van der Waals surface area contributed by atoms with E-state index in [0.29, 0.717) is 5.56 Å². The zero-order valence-corrected chi connectivity index (χ0v) is 15.9. The second kappa shape index (κ2) is 9.17. The Bertz CT molecular complexity index is 864. The van der Waals surface area contributed by atoms with Crippen LogP contribution in [0.1, 0.15) is 46.8 Å². The number of ether oxygens (including phenoxy) is 1. The summed E-state index contributed by atoms with van der Waals surface area (Å²) >= 11 is 0. The van der Waals surface area contributed by atoms with Crippen LogP contribution >= 0.6 is 0 Å². The average molecular weight is 380 g/mol. The van der Waals surface area contributed by atoms with Gasteiger partial charge in [0.1, 0.15) is 0 Å². The van der Waals surface area contributed by atoms with Crippen molar-refractivity contribution in [2.24, 2.45) is 0 Å². The van der Waals surface area contributed by atoms with Crippen molar-refractivity contribution in [3.8, 4) is 0 Å². The lowest BCUT2D eigenvalue weighted by Gasteiger charge is -2.17. The fourth-order valence-corrected chi connectivity index (χ4v) is 3.24. The molecule has 0 saturated heterocycles. The van der Waals surface area contributed by atoms with E-state index >= 15 is 0 Å². The maximum atomic E-state index is 12.2. The van der Waals surface area contributed by atoms with E-state index in [0.717, 1.165) is 18.4 Å². The van der Waals surface area contributed by atoms with Crippen molar-refractivity contribution in [2.45, 2.75) is 45.1 Å². The smallest absolute Gasteiger partial charge is 0.311 e. The summed E-state index contributed by atoms with van der Waals surface area (Å²) in [6.45, 7) is 1.47. The number of nitrogens with one attached hydrogen (secondary N) is 2. The van der Waals surface area contributed by atoms with Gasteiger partial charge >= 0.3 is 5.97 Å². The highest BCUT2D eigenvalue weighted by atomic mass is 16.5. The summed E-state index contributed by atoms with van der Waals surface area (Å²) in [5, 5.41) is 0. The number of benzene rings is 2. The van der Waals surface area contributed by atoms with Crippen LogP contribution < -0.4 is 10.9 Å². The van der Waals surface area contributed by atoms with Crippen LogP contribution in [0.5, 0.6) is 0 Å². The first-order chi connectivity index (χ1) is 13.5. The predicted octanol–water partition coefficient (Wildman–Crippen LogP) is 2.50. The molecule has 6 nitrogen and oxygen atoms in total. The molecule has 6 heteroatoms. The predicted molar refractivity (Wildman–Crippen MR) is 104 cm³/mol. The van der Waals surface area contributed by atoms with E-state index < -0.39 is 23.9 Å². The minimum atomic E-state index is -1.01. The molecule has 0 unspecified atom stereocenters. The minimum Gasteiger partial charge on any atom is -0.452 e. The highest BCUT2D eigenvalue weighted by Crippen LogP contribution is 2.22. The van der Waals surface area contributed by atoms with E-state index in [9.17, 15) is 14.4 Å². The van der Waals surface area contributed by atoms with Gasteiger partial charge in [0.2, 0.25) is 0 Å². The molecular formula is C22H24N2O4. The van der Waals surface area contributed by atoms with Crippen molar-refractivity contribution in [3.63, 3.8) is 0 Å². The largest absolute Gasteiger partial charge is 0.452 e. The van der Waals surface area contributed by atoms with Gasteiger partial charge in [-0.3, -0.25) is 25.2 Å². The van der Waals surface area contributed by atoms with Crippen LogP contribution in [-0.2, 0) is 33.6 Å². The molecule has 1 atom stereocenters. The van der Waals surface area contributed by atoms with Crippen LogP contribution in [0, 0.1) is 0 Å². The maximum Gasteiger partial charge on any atom is 0.311 e. The van der Waals surface area contributed by atoms with Crippen LogP contribution in [-0.4, -0.2) is 23.9 Å². The van der Waals surface area contributed by atoms with E-state index in [1.807, 2.05) is 6.07 Å². The summed E-state index contributed by atoms with van der Waals surface area (Å²) in [5.74, 6) is -1.52. The number of hydrogen-bond acceptors (Lipinski definition) is 4. The lowest BCUT2D eigenvalue weighted by molar-refractivity contribution is -0.154. The lowest BCUT2D eigenvalue weighted by atomic mass is 9.90. The monoisotopic (exact) mass is 380 g/mol. The van der Waals surface area contributed by atoms with Gasteiger partial charge in [-0.2, -0.15) is 0 Å². The highest BCUT2D eigenvalue weighted by molar-refractivity contribution is 5.95. The van der Waals surface area contributed by atoms with E-state index in [1.54, 1.807) is 30.3 Å². The Morgan fingerprint density at radius 3 is 2.43 bits per heavy atom. The van der Waals surface area contributed by atoms with Crippen LogP contribution in [0.25, 0.3) is 0 Å². The van der Waals surface area contributed by atoms with Gasteiger partial charge < -0.3 is 4.74 Å². The Kier molecular flexibility index (Phi) is 6.42. The number of carbonyl (C=O) groups is 3. The summed E-state index contributed by atoms with van der Waals surface area (Å²) in [7, 11) is 0. The molecule has 28 heavy (non-hydrogen) atoms. The van der Waals surface area contributed by atoms with E-state index in [2.05, 4.69) is 23.0 Å². The Morgan fingerprint density at radius 2 is 1.68 bits per heavy atom. The van der Waals surface area contributed by atoms with Crippen molar-refractivity contribution in [2.75, 3.05) is 0 Å². The van der Waals surface area contributed by atoms with Crippen molar-refractivity contribution >= 4 is 17.8 Å². The number of aryl methyl sites for hydroxylation is 2. The molecule has 0 spiro atoms. The molecule has 2 aromatic rings. The molecule has 0 bridgehead atoms. The number of esters is 1. The fourth-order valence-electron chi connectivity index (χ4n) is 3.24. The summed E-state index contributed by atoms with van der Waals surface area (Å²) < 4.78 is 5.20. The van der Waals surface area contributed by atoms with Crippen molar-refractivity contribution in [3.05, 3.63) is 70.8 Å². The number of hydrogen-bond donors (Lipinski definition) is 2. The van der Waals surface area contributed by atoms with Gasteiger partial charge in [0.25, 0.3) is 11.8 Å². The third-order valence-corrected chi connectivity index (χ3v) is 4.77. The summed E-state index contributed by atoms with van der Waals surface area (Å²) in [6, 6.07) is 14.6. The molecule has 0 aromatic heterocycles. The molecule has 0 radical (unpaired) electrons. The Labute approximate surface area is 164 Å². The first-order valence-corrected chi connectivity index (χ1v) is 9.48. The number of rotatable bonds is 5. The van der Waals surface area contributed by atoms with Crippen LogP contribution in [0.3, 0.4) is 0 Å². The van der Waals surface area contributed by atoms with Crippen LogP contribution in [0.15, 0.2) is 48.5 Å². The molecule has 0 saturated carbocycles. The third-order valence-electron chi connectivity index (χ3n) is 4.77. The van der Waals surface area contributed by atoms with E-state index in [1.165, 1.54) is 30.9 Å². The van der Waals surface area contributed by atoms with Crippen LogP contribution in [0.2, 0.25) is 0 Å². The first-order valence-electron chi connectivity index (χ1n) is 9.48. The SMILES string of the molecule is C[C@H](OC(=O)Cc1ccc2c(c1)CCCC2)C(=O)NNC(=O)c1ccccc1. The Morgan fingerprint density at radius 1 is 0.964 bits per heavy atom. The van der Waals surface area contributed by atoms with Gasteiger partial charge in [0.05, 0.1) is 6.42 Å². The van der Waals surface area contributed by atoms with E-state index in [-0.39, 0.29) is 6.42 Å². The van der Waals surface area contributed by atoms with Gasteiger partial charge in [-0.25, -0.2) is 0 Å². The van der Waals surface area contributed by atoms with Crippen molar-refractivity contribution < 1.29 is 19.1 Å². The second-order valence-corrected chi connectivity index (χ2v) is 6.93.